The second-order valence-electron chi connectivity index (χ2n) is 0.465. The molecule has 0 aliphatic carbocycles. The highest BCUT2D eigenvalue weighted by Gasteiger charge is 1.71. The molecular weight excluding hydrogens is 56.0 g/mol. The molecule has 0 aromatic heterocycles. The molecule has 0 aromatic rings. The molecule has 4 heavy (non-hydrogen) atoms. The van der Waals surface area contributed by atoms with Gasteiger partial charge in [-0.05, 0) is 0 Å². The molecule has 25 valence electrons. The van der Waals surface area contributed by atoms with Gasteiger partial charge in [0.1, 0.15) is 0 Å². The topological polar surface area (TPSA) is 71.9 Å². The van der Waals surface area contributed by atoms with Crippen LogP contribution >= 0.6 is 0 Å². The average molecular weight is 61.1 g/mol. The van der Waals surface area contributed by atoms with Crippen LogP contribution in [0, 0.1) is 0 Å². The summed E-state index contributed by atoms with van der Waals surface area (Å²) in [5.74, 6) is 0. The van der Waals surface area contributed by atoms with E-state index in [1.165, 1.54) is 0 Å². The zero-order valence-electron chi connectivity index (χ0n) is 2.14. The molecule has 0 fully saturated rings. The van der Waals surface area contributed by atoms with Gasteiger partial charge in [-0.15, -0.1) is 0 Å². The van der Waals surface area contributed by atoms with Crippen molar-refractivity contribution in [3.05, 3.63) is 0 Å². The van der Waals surface area contributed by atoms with E-state index in [1.807, 2.05) is 0 Å². The highest BCUT2D eigenvalue weighted by atomic mass is 16.3. The molecule has 0 rings (SSSR count). The Hall–Kier alpha value is -0.120. The molecule has 3 nitrogen and oxygen atoms in total. The van der Waals surface area contributed by atoms with Crippen LogP contribution in [0.15, 0.2) is 0 Å². The number of rotatable bonds is 0. The molecule has 0 atom stereocenters. The SMILES string of the molecule is NC(N)[O]. The standard InChI is InChI=1S/CH5N2O/c2-1(3)4/h1H,2-3H2. The Kier molecular flexibility index (Phi) is 1.19. The Bertz CT molecular complexity index is 10.8. The van der Waals surface area contributed by atoms with Crippen LogP contribution in [0.1, 0.15) is 0 Å². The summed E-state index contributed by atoms with van der Waals surface area (Å²) in [5.41, 5.74) is 8.67. The first-order chi connectivity index (χ1) is 1.73. The van der Waals surface area contributed by atoms with Crippen LogP contribution in [0.4, 0.5) is 0 Å². The van der Waals surface area contributed by atoms with E-state index in [4.69, 9.17) is 5.11 Å². The van der Waals surface area contributed by atoms with E-state index in [1.54, 1.807) is 0 Å². The fourth-order valence-electron chi connectivity index (χ4n) is 0. The van der Waals surface area contributed by atoms with Crippen molar-refractivity contribution in [2.45, 2.75) is 6.35 Å². The van der Waals surface area contributed by atoms with Gasteiger partial charge in [0.15, 0.2) is 6.35 Å². The Morgan fingerprint density at radius 1 is 1.50 bits per heavy atom. The van der Waals surface area contributed by atoms with Gasteiger partial charge in [-0.2, -0.15) is 5.11 Å². The molecule has 0 heterocycles. The highest BCUT2D eigenvalue weighted by Crippen LogP contribution is 1.33. The van der Waals surface area contributed by atoms with Gasteiger partial charge in [0.2, 0.25) is 0 Å². The Balaban J connectivity index is 2.32. The highest BCUT2D eigenvalue weighted by molar-refractivity contribution is 4.11. The zero-order chi connectivity index (χ0) is 3.58. The molecule has 0 aliphatic heterocycles. The fourth-order valence-corrected chi connectivity index (χ4v) is 0. The van der Waals surface area contributed by atoms with Crippen LogP contribution in [-0.2, 0) is 5.11 Å². The molecule has 0 spiro atoms. The lowest BCUT2D eigenvalue weighted by Gasteiger charge is -1.78. The van der Waals surface area contributed by atoms with Crippen molar-refractivity contribution in [3.8, 4) is 0 Å². The quantitative estimate of drug-likeness (QED) is 0.339. The third kappa shape index (κ3) is 101. The number of hydrogen-bond donors (Lipinski definition) is 2. The van der Waals surface area contributed by atoms with Crippen LogP contribution in [0.2, 0.25) is 0 Å². The predicted octanol–water partition coefficient (Wildman–Crippen LogP) is -1.38. The van der Waals surface area contributed by atoms with Crippen molar-refractivity contribution in [2.24, 2.45) is 11.5 Å². The maximum Gasteiger partial charge on any atom is 0.192 e. The lowest BCUT2D eigenvalue weighted by atomic mass is 11.1. The van der Waals surface area contributed by atoms with Crippen molar-refractivity contribution in [2.75, 3.05) is 0 Å². The monoisotopic (exact) mass is 61.0 g/mol. The normalized spacial score (nSPS) is 9.00. The Morgan fingerprint density at radius 3 is 1.50 bits per heavy atom. The molecule has 0 amide bonds. The molecule has 0 saturated heterocycles. The Morgan fingerprint density at radius 2 is 1.50 bits per heavy atom. The summed E-state index contributed by atoms with van der Waals surface area (Å²) in [6.07, 6.45) is -1.42. The van der Waals surface area contributed by atoms with Gasteiger partial charge in [-0.25, -0.2) is 0 Å². The molecule has 1 radical (unpaired) electrons. The van der Waals surface area contributed by atoms with Crippen LogP contribution in [0.5, 0.6) is 0 Å². The van der Waals surface area contributed by atoms with Crippen molar-refractivity contribution in [3.63, 3.8) is 0 Å². The number of nitrogens with two attached hydrogens (primary N) is 2. The Labute approximate surface area is 24.2 Å². The summed E-state index contributed by atoms with van der Waals surface area (Å²) < 4.78 is 0. The minimum Gasteiger partial charge on any atom is -0.291 e. The van der Waals surface area contributed by atoms with Gasteiger partial charge < -0.3 is 0 Å². The third-order valence-electron chi connectivity index (χ3n) is 0. The van der Waals surface area contributed by atoms with Crippen LogP contribution < -0.4 is 11.5 Å². The van der Waals surface area contributed by atoms with Crippen molar-refractivity contribution in [1.82, 2.24) is 0 Å². The van der Waals surface area contributed by atoms with E-state index in [2.05, 4.69) is 11.5 Å². The van der Waals surface area contributed by atoms with Gasteiger partial charge in [-0.1, -0.05) is 0 Å². The summed E-state index contributed by atoms with van der Waals surface area (Å²) in [6, 6.07) is 0. The second kappa shape index (κ2) is 1.23. The first-order valence-corrected chi connectivity index (χ1v) is 0.902. The van der Waals surface area contributed by atoms with Crippen molar-refractivity contribution < 1.29 is 5.11 Å². The minimum atomic E-state index is -1.42. The van der Waals surface area contributed by atoms with Crippen LogP contribution in [0.3, 0.4) is 0 Å². The van der Waals surface area contributed by atoms with Crippen LogP contribution in [0.25, 0.3) is 0 Å². The minimum absolute atomic E-state index is 1.42. The first-order valence-electron chi connectivity index (χ1n) is 0.902. The maximum absolute atomic E-state index is 9.08. The molecule has 0 aromatic carbocycles. The largest absolute Gasteiger partial charge is 0.291 e. The van der Waals surface area contributed by atoms with Gasteiger partial charge in [-0.3, -0.25) is 11.5 Å². The predicted molar refractivity (Wildman–Crippen MR) is 12.8 cm³/mol. The van der Waals surface area contributed by atoms with Gasteiger partial charge in [0.25, 0.3) is 0 Å². The molecule has 0 saturated carbocycles. The van der Waals surface area contributed by atoms with E-state index in [0.29, 0.717) is 0 Å². The van der Waals surface area contributed by atoms with Gasteiger partial charge in [0, 0.05) is 0 Å². The third-order valence-corrected chi connectivity index (χ3v) is 0. The molecule has 0 aliphatic rings. The lowest BCUT2D eigenvalue weighted by molar-refractivity contribution is 0.101. The van der Waals surface area contributed by atoms with E-state index in [9.17, 15) is 0 Å². The molecule has 0 unspecified atom stereocenters. The lowest BCUT2D eigenvalue weighted by Crippen LogP contribution is -2.27. The molecular formula is CH5N2O. The summed E-state index contributed by atoms with van der Waals surface area (Å²) in [7, 11) is 0. The second-order valence-corrected chi connectivity index (χ2v) is 0.465. The van der Waals surface area contributed by atoms with Crippen LogP contribution in [-0.4, -0.2) is 6.35 Å². The van der Waals surface area contributed by atoms with Crippen molar-refractivity contribution in [1.29, 1.82) is 0 Å². The molecule has 0 bridgehead atoms. The first kappa shape index (κ1) is 3.88. The van der Waals surface area contributed by atoms with E-state index < -0.39 is 6.35 Å². The summed E-state index contributed by atoms with van der Waals surface area (Å²) in [5, 5.41) is 9.08. The van der Waals surface area contributed by atoms with E-state index >= 15 is 0 Å². The van der Waals surface area contributed by atoms with Crippen molar-refractivity contribution >= 4 is 0 Å². The average Bonchev–Trinajstić information content (AvgIpc) is 0.811. The smallest absolute Gasteiger partial charge is 0.192 e. The summed E-state index contributed by atoms with van der Waals surface area (Å²) in [6.45, 7) is 0. The summed E-state index contributed by atoms with van der Waals surface area (Å²) >= 11 is 0. The van der Waals surface area contributed by atoms with Gasteiger partial charge >= 0.3 is 0 Å². The van der Waals surface area contributed by atoms with E-state index in [0.717, 1.165) is 0 Å². The fraction of sp³-hybridized carbons (Fsp3) is 1.00. The zero-order valence-corrected chi connectivity index (χ0v) is 2.14. The maximum atomic E-state index is 9.08. The molecule has 3 heteroatoms. The van der Waals surface area contributed by atoms with E-state index in [-0.39, 0.29) is 0 Å². The molecule has 4 N–H and O–H groups in total. The van der Waals surface area contributed by atoms with Gasteiger partial charge in [0.05, 0.1) is 0 Å². The summed E-state index contributed by atoms with van der Waals surface area (Å²) in [4.78, 5) is 0. The number of hydrogen-bond acceptors (Lipinski definition) is 2.